The molecule has 0 N–H and O–H groups in total. The van der Waals surface area contributed by atoms with Gasteiger partial charge < -0.3 is 4.74 Å². The summed E-state index contributed by atoms with van der Waals surface area (Å²) in [7, 11) is 1.68. The van der Waals surface area contributed by atoms with Crippen LogP contribution in [-0.2, 0) is 6.42 Å². The molecule has 0 saturated carbocycles. The van der Waals surface area contributed by atoms with Crippen molar-refractivity contribution in [3.63, 3.8) is 0 Å². The lowest BCUT2D eigenvalue weighted by molar-refractivity contribution is 0.411. The summed E-state index contributed by atoms with van der Waals surface area (Å²) < 4.78 is 5.34. The molecular weight excluding hydrogens is 260 g/mol. The smallest absolute Gasteiger partial charge is 0.136 e. The van der Waals surface area contributed by atoms with Crippen LogP contribution in [0.5, 0.6) is 5.75 Å². The molecule has 3 nitrogen and oxygen atoms in total. The molecule has 0 fully saturated rings. The zero-order valence-electron chi connectivity index (χ0n) is 11.6. The van der Waals surface area contributed by atoms with Gasteiger partial charge >= 0.3 is 0 Å². The molecule has 0 amide bonds. The van der Waals surface area contributed by atoms with Crippen LogP contribution >= 0.6 is 11.6 Å². The van der Waals surface area contributed by atoms with E-state index in [0.717, 1.165) is 40.1 Å². The van der Waals surface area contributed by atoms with Crippen LogP contribution in [0.25, 0.3) is 11.3 Å². The summed E-state index contributed by atoms with van der Waals surface area (Å²) in [5.41, 5.74) is 5.17. The summed E-state index contributed by atoms with van der Waals surface area (Å²) in [5, 5.41) is 0.528. The van der Waals surface area contributed by atoms with Gasteiger partial charge in [-0.2, -0.15) is 0 Å². The monoisotopic (exact) mass is 276 g/mol. The Balaban J connectivity index is 2.66. The molecule has 0 radical (unpaired) electrons. The zero-order chi connectivity index (χ0) is 14.0. The van der Waals surface area contributed by atoms with E-state index < -0.39 is 0 Å². The lowest BCUT2D eigenvalue weighted by Gasteiger charge is -2.13. The van der Waals surface area contributed by atoms with Gasteiger partial charge in [-0.25, -0.2) is 9.97 Å². The number of hydrogen-bond donors (Lipinski definition) is 0. The van der Waals surface area contributed by atoms with Crippen LogP contribution in [0.3, 0.4) is 0 Å². The number of halogens is 1. The van der Waals surface area contributed by atoms with Crippen LogP contribution in [0, 0.1) is 13.8 Å². The maximum absolute atomic E-state index is 6.15. The lowest BCUT2D eigenvalue weighted by Crippen LogP contribution is -1.98. The lowest BCUT2D eigenvalue weighted by atomic mass is 9.98. The Labute approximate surface area is 118 Å². The Bertz CT molecular complexity index is 611. The fourth-order valence-corrected chi connectivity index (χ4v) is 2.47. The maximum atomic E-state index is 6.15. The third kappa shape index (κ3) is 2.56. The number of methoxy groups -OCH3 is 1. The van der Waals surface area contributed by atoms with Gasteiger partial charge in [0.05, 0.1) is 12.8 Å². The Morgan fingerprint density at radius 3 is 2.53 bits per heavy atom. The highest BCUT2D eigenvalue weighted by Crippen LogP contribution is 2.32. The Morgan fingerprint density at radius 2 is 1.89 bits per heavy atom. The Hall–Kier alpha value is -1.61. The minimum atomic E-state index is 0.528. The summed E-state index contributed by atoms with van der Waals surface area (Å²) >= 11 is 6.15. The third-order valence-corrected chi connectivity index (χ3v) is 3.57. The molecule has 0 aliphatic rings. The second-order valence-electron chi connectivity index (χ2n) is 4.48. The van der Waals surface area contributed by atoms with Gasteiger partial charge in [-0.15, -0.1) is 0 Å². The minimum absolute atomic E-state index is 0.528. The highest BCUT2D eigenvalue weighted by Gasteiger charge is 2.14. The Kier molecular flexibility index (Phi) is 4.05. The van der Waals surface area contributed by atoms with Crippen LogP contribution in [0.15, 0.2) is 18.5 Å². The number of benzene rings is 1. The van der Waals surface area contributed by atoms with Crippen molar-refractivity contribution in [1.29, 1.82) is 0 Å². The van der Waals surface area contributed by atoms with E-state index in [0.29, 0.717) is 5.15 Å². The van der Waals surface area contributed by atoms with E-state index in [4.69, 9.17) is 16.3 Å². The van der Waals surface area contributed by atoms with Gasteiger partial charge in [0.1, 0.15) is 17.2 Å². The largest absolute Gasteiger partial charge is 0.496 e. The van der Waals surface area contributed by atoms with Crippen molar-refractivity contribution in [2.75, 3.05) is 7.11 Å². The van der Waals surface area contributed by atoms with Crippen LogP contribution in [0.1, 0.15) is 23.6 Å². The van der Waals surface area contributed by atoms with Crippen molar-refractivity contribution in [3.05, 3.63) is 40.3 Å². The van der Waals surface area contributed by atoms with Gasteiger partial charge in [-0.05, 0) is 43.5 Å². The molecule has 0 spiro atoms. The van der Waals surface area contributed by atoms with Crippen molar-refractivity contribution in [3.8, 4) is 17.0 Å². The van der Waals surface area contributed by atoms with E-state index in [-0.39, 0.29) is 0 Å². The second kappa shape index (κ2) is 5.57. The highest BCUT2D eigenvalue weighted by molar-refractivity contribution is 6.30. The fraction of sp³-hybridized carbons (Fsp3) is 0.333. The molecule has 4 heteroatoms. The van der Waals surface area contributed by atoms with Gasteiger partial charge in [-0.3, -0.25) is 0 Å². The van der Waals surface area contributed by atoms with E-state index in [1.807, 2.05) is 19.9 Å². The molecule has 100 valence electrons. The van der Waals surface area contributed by atoms with Crippen molar-refractivity contribution in [2.24, 2.45) is 0 Å². The molecule has 19 heavy (non-hydrogen) atoms. The number of ether oxygens (including phenoxy) is 1. The van der Waals surface area contributed by atoms with E-state index in [9.17, 15) is 0 Å². The summed E-state index contributed by atoms with van der Waals surface area (Å²) in [4.78, 5) is 8.45. The molecule has 0 aliphatic carbocycles. The van der Waals surface area contributed by atoms with E-state index in [2.05, 4.69) is 23.0 Å². The predicted molar refractivity (Wildman–Crippen MR) is 77.9 cm³/mol. The van der Waals surface area contributed by atoms with Crippen molar-refractivity contribution in [1.82, 2.24) is 9.97 Å². The number of hydrogen-bond acceptors (Lipinski definition) is 3. The van der Waals surface area contributed by atoms with E-state index >= 15 is 0 Å². The summed E-state index contributed by atoms with van der Waals surface area (Å²) in [6.07, 6.45) is 2.31. The fourth-order valence-electron chi connectivity index (χ4n) is 2.20. The molecule has 0 atom stereocenters. The SMILES string of the molecule is CCc1c(Cl)ncnc1-c1cc(C)c(OC)cc1C. The molecular formula is C15H17ClN2O. The first kappa shape index (κ1) is 13.8. The highest BCUT2D eigenvalue weighted by atomic mass is 35.5. The maximum Gasteiger partial charge on any atom is 0.136 e. The number of rotatable bonds is 3. The summed E-state index contributed by atoms with van der Waals surface area (Å²) in [6, 6.07) is 4.12. The quantitative estimate of drug-likeness (QED) is 0.795. The number of nitrogens with zero attached hydrogens (tertiary/aromatic N) is 2. The average Bonchev–Trinajstić information content (AvgIpc) is 2.40. The molecule has 0 saturated heterocycles. The normalized spacial score (nSPS) is 10.6. The van der Waals surface area contributed by atoms with Crippen LogP contribution < -0.4 is 4.74 Å². The van der Waals surface area contributed by atoms with Gasteiger partial charge in [0, 0.05) is 11.1 Å². The average molecular weight is 277 g/mol. The molecule has 1 aromatic heterocycles. The first-order valence-electron chi connectivity index (χ1n) is 6.23. The Morgan fingerprint density at radius 1 is 1.16 bits per heavy atom. The van der Waals surface area contributed by atoms with Gasteiger partial charge in [0.25, 0.3) is 0 Å². The van der Waals surface area contributed by atoms with Crippen LogP contribution in [0.4, 0.5) is 0 Å². The first-order chi connectivity index (χ1) is 9.08. The topological polar surface area (TPSA) is 35.0 Å². The minimum Gasteiger partial charge on any atom is -0.496 e. The zero-order valence-corrected chi connectivity index (χ0v) is 12.4. The number of aromatic nitrogens is 2. The first-order valence-corrected chi connectivity index (χ1v) is 6.61. The van der Waals surface area contributed by atoms with Crippen LogP contribution in [-0.4, -0.2) is 17.1 Å². The molecule has 0 unspecified atom stereocenters. The molecule has 0 aliphatic heterocycles. The van der Waals surface area contributed by atoms with E-state index in [1.165, 1.54) is 6.33 Å². The third-order valence-electron chi connectivity index (χ3n) is 3.24. The van der Waals surface area contributed by atoms with Gasteiger partial charge in [0.2, 0.25) is 0 Å². The van der Waals surface area contributed by atoms with Crippen molar-refractivity contribution < 1.29 is 4.74 Å². The van der Waals surface area contributed by atoms with E-state index in [1.54, 1.807) is 7.11 Å². The molecule has 2 aromatic rings. The molecule has 2 rings (SSSR count). The van der Waals surface area contributed by atoms with Crippen LogP contribution in [0.2, 0.25) is 5.15 Å². The standard InChI is InChI=1S/C15H17ClN2O/c1-5-11-14(17-8-18-15(11)16)12-6-10(3)13(19-4)7-9(12)2/h6-8H,5H2,1-4H3. The van der Waals surface area contributed by atoms with Crippen molar-refractivity contribution >= 4 is 11.6 Å². The predicted octanol–water partition coefficient (Wildman–Crippen LogP) is 3.98. The van der Waals surface area contributed by atoms with Gasteiger partial charge in [0.15, 0.2) is 0 Å². The molecule has 0 bridgehead atoms. The summed E-state index contributed by atoms with van der Waals surface area (Å²) in [6.45, 7) is 6.13. The van der Waals surface area contributed by atoms with Crippen molar-refractivity contribution in [2.45, 2.75) is 27.2 Å². The summed E-state index contributed by atoms with van der Waals surface area (Å²) in [5.74, 6) is 0.888. The van der Waals surface area contributed by atoms with Gasteiger partial charge in [-0.1, -0.05) is 18.5 Å². The second-order valence-corrected chi connectivity index (χ2v) is 4.84. The molecule has 1 heterocycles. The number of aryl methyl sites for hydroxylation is 2. The molecule has 1 aromatic carbocycles.